The van der Waals surface area contributed by atoms with Gasteiger partial charge >= 0.3 is 0 Å². The van der Waals surface area contributed by atoms with Gasteiger partial charge in [0.15, 0.2) is 5.96 Å². The lowest BCUT2D eigenvalue weighted by Gasteiger charge is -2.24. The molecule has 26 heavy (non-hydrogen) atoms. The fourth-order valence-corrected chi connectivity index (χ4v) is 2.23. The van der Waals surface area contributed by atoms with Gasteiger partial charge in [0.05, 0.1) is 5.60 Å². The largest absolute Gasteiger partial charge is 0.377 e. The number of rotatable bonds is 8. The molecule has 2 N–H and O–H groups in total. The predicted molar refractivity (Wildman–Crippen MR) is 118 cm³/mol. The topological polar surface area (TPSA) is 66.0 Å². The number of hydrogen-bond acceptors (Lipinski definition) is 3. The van der Waals surface area contributed by atoms with Crippen LogP contribution in [0, 0.1) is 0 Å². The number of hydrogen-bond donors (Lipinski definition) is 2. The van der Waals surface area contributed by atoms with E-state index in [4.69, 9.17) is 4.74 Å². The number of guanidine groups is 1. The highest BCUT2D eigenvalue weighted by Crippen LogP contribution is 2.08. The number of carbonyl (C=O) groups excluding carboxylic acids is 1. The summed E-state index contributed by atoms with van der Waals surface area (Å²) in [7, 11) is 3.43. The molecule has 0 aromatic heterocycles. The van der Waals surface area contributed by atoms with Crippen LogP contribution in [0.5, 0.6) is 0 Å². The fraction of sp³-hybridized carbons (Fsp3) is 0.579. The summed E-state index contributed by atoms with van der Waals surface area (Å²) in [5.74, 6) is 0.789. The molecular weight excluding hydrogens is 443 g/mol. The van der Waals surface area contributed by atoms with Gasteiger partial charge in [0.25, 0.3) is 5.91 Å². The molecule has 0 unspecified atom stereocenters. The van der Waals surface area contributed by atoms with Gasteiger partial charge in [0, 0.05) is 45.9 Å². The van der Waals surface area contributed by atoms with Crippen LogP contribution in [0.4, 0.5) is 0 Å². The molecule has 1 rings (SSSR count). The van der Waals surface area contributed by atoms with Crippen LogP contribution in [-0.2, 0) is 11.3 Å². The first-order valence-corrected chi connectivity index (χ1v) is 8.74. The molecule has 1 aromatic rings. The minimum atomic E-state index is -0.260. The Labute approximate surface area is 174 Å². The van der Waals surface area contributed by atoms with Gasteiger partial charge in [-0.15, -0.1) is 24.0 Å². The van der Waals surface area contributed by atoms with Gasteiger partial charge in [0.1, 0.15) is 0 Å². The average Bonchev–Trinajstić information content (AvgIpc) is 2.63. The van der Waals surface area contributed by atoms with Crippen LogP contribution in [-0.4, -0.2) is 56.2 Å². The Morgan fingerprint density at radius 2 is 1.73 bits per heavy atom. The quantitative estimate of drug-likeness (QED) is 0.344. The Bertz CT molecular complexity index is 569. The van der Waals surface area contributed by atoms with Crippen LogP contribution in [0.2, 0.25) is 0 Å². The van der Waals surface area contributed by atoms with E-state index < -0.39 is 0 Å². The number of nitrogens with one attached hydrogen (secondary N) is 2. The first-order valence-electron chi connectivity index (χ1n) is 8.74. The van der Waals surface area contributed by atoms with Crippen LogP contribution in [0.25, 0.3) is 0 Å². The monoisotopic (exact) mass is 476 g/mol. The summed E-state index contributed by atoms with van der Waals surface area (Å²) >= 11 is 0. The second kappa shape index (κ2) is 12.1. The maximum atomic E-state index is 12.3. The van der Waals surface area contributed by atoms with Crippen molar-refractivity contribution in [1.29, 1.82) is 0 Å². The summed E-state index contributed by atoms with van der Waals surface area (Å²) in [4.78, 5) is 18.3. The summed E-state index contributed by atoms with van der Waals surface area (Å²) < 4.78 is 5.39. The first-order chi connectivity index (χ1) is 11.9. The third-order valence-electron chi connectivity index (χ3n) is 4.17. The van der Waals surface area contributed by atoms with Gasteiger partial charge in [-0.3, -0.25) is 9.79 Å². The SMILES string of the molecule is CCN(CC)C(=O)c1ccc(CNC(=NC)NCC(C)(C)OC)cc1.I. The van der Waals surface area contributed by atoms with Crippen molar-refractivity contribution in [3.63, 3.8) is 0 Å². The molecule has 0 fully saturated rings. The van der Waals surface area contributed by atoms with Crippen LogP contribution in [0.1, 0.15) is 43.6 Å². The number of benzene rings is 1. The summed E-state index contributed by atoms with van der Waals surface area (Å²) in [5, 5.41) is 6.51. The van der Waals surface area contributed by atoms with Crippen molar-refractivity contribution in [1.82, 2.24) is 15.5 Å². The van der Waals surface area contributed by atoms with Gasteiger partial charge < -0.3 is 20.3 Å². The number of amides is 1. The highest BCUT2D eigenvalue weighted by Gasteiger charge is 2.16. The molecule has 148 valence electrons. The van der Waals surface area contributed by atoms with Crippen molar-refractivity contribution in [2.24, 2.45) is 4.99 Å². The third-order valence-corrected chi connectivity index (χ3v) is 4.17. The summed E-state index contributed by atoms with van der Waals surface area (Å²) in [6.07, 6.45) is 0. The second-order valence-electron chi connectivity index (χ2n) is 6.42. The van der Waals surface area contributed by atoms with Crippen molar-refractivity contribution in [3.8, 4) is 0 Å². The van der Waals surface area contributed by atoms with Gasteiger partial charge in [-0.25, -0.2) is 0 Å². The Balaban J connectivity index is 0.00000625. The van der Waals surface area contributed by atoms with E-state index in [0.29, 0.717) is 19.0 Å². The summed E-state index contributed by atoms with van der Waals surface area (Å²) in [6.45, 7) is 10.7. The number of carbonyl (C=O) groups is 1. The molecule has 0 heterocycles. The van der Waals surface area contributed by atoms with Crippen molar-refractivity contribution in [2.45, 2.75) is 39.8 Å². The number of nitrogens with zero attached hydrogens (tertiary/aromatic N) is 2. The molecule has 0 atom stereocenters. The van der Waals surface area contributed by atoms with E-state index in [2.05, 4.69) is 15.6 Å². The first kappa shape index (κ1) is 24.7. The number of ether oxygens (including phenoxy) is 1. The molecule has 0 aliphatic carbocycles. The predicted octanol–water partition coefficient (Wildman–Crippen LogP) is 2.88. The zero-order valence-corrected chi connectivity index (χ0v) is 19.1. The summed E-state index contributed by atoms with van der Waals surface area (Å²) in [5.41, 5.74) is 1.55. The standard InChI is InChI=1S/C19H32N4O2.HI/c1-7-23(8-2)17(24)16-11-9-15(10-12-16)13-21-18(20-5)22-14-19(3,4)25-6;/h9-12H,7-8,13-14H2,1-6H3,(H2,20,21,22);1H. The van der Waals surface area contributed by atoms with E-state index in [1.54, 1.807) is 14.2 Å². The van der Waals surface area contributed by atoms with E-state index in [1.807, 2.05) is 56.9 Å². The molecule has 0 saturated carbocycles. The minimum absolute atomic E-state index is 0. The summed E-state index contributed by atoms with van der Waals surface area (Å²) in [6, 6.07) is 7.69. The Hall–Kier alpha value is -1.35. The molecule has 1 aromatic carbocycles. The molecule has 0 bridgehead atoms. The Morgan fingerprint density at radius 1 is 1.15 bits per heavy atom. The molecule has 6 nitrogen and oxygen atoms in total. The number of halogens is 1. The van der Waals surface area contributed by atoms with Crippen molar-refractivity contribution < 1.29 is 9.53 Å². The van der Waals surface area contributed by atoms with Crippen LogP contribution < -0.4 is 10.6 Å². The Kier molecular flexibility index (Phi) is 11.5. The minimum Gasteiger partial charge on any atom is -0.377 e. The molecule has 0 aliphatic rings. The van der Waals surface area contributed by atoms with E-state index in [9.17, 15) is 4.79 Å². The molecule has 0 saturated heterocycles. The van der Waals surface area contributed by atoms with Gasteiger partial charge in [-0.2, -0.15) is 0 Å². The second-order valence-corrected chi connectivity index (χ2v) is 6.42. The maximum Gasteiger partial charge on any atom is 0.253 e. The maximum absolute atomic E-state index is 12.3. The van der Waals surface area contributed by atoms with E-state index in [1.165, 1.54) is 0 Å². The van der Waals surface area contributed by atoms with Crippen LogP contribution >= 0.6 is 24.0 Å². The van der Waals surface area contributed by atoms with E-state index in [-0.39, 0.29) is 35.5 Å². The molecule has 0 spiro atoms. The van der Waals surface area contributed by atoms with Crippen molar-refractivity contribution in [3.05, 3.63) is 35.4 Å². The van der Waals surface area contributed by atoms with Crippen molar-refractivity contribution in [2.75, 3.05) is 33.8 Å². The highest BCUT2D eigenvalue weighted by atomic mass is 127. The third kappa shape index (κ3) is 7.90. The highest BCUT2D eigenvalue weighted by molar-refractivity contribution is 14.0. The van der Waals surface area contributed by atoms with Gasteiger partial charge in [-0.1, -0.05) is 12.1 Å². The molecule has 7 heteroatoms. The lowest BCUT2D eigenvalue weighted by molar-refractivity contribution is 0.0268. The lowest BCUT2D eigenvalue weighted by Crippen LogP contribution is -2.45. The van der Waals surface area contributed by atoms with E-state index in [0.717, 1.165) is 24.2 Å². The zero-order valence-electron chi connectivity index (χ0n) is 16.8. The van der Waals surface area contributed by atoms with Crippen LogP contribution in [0.3, 0.4) is 0 Å². The smallest absolute Gasteiger partial charge is 0.253 e. The normalized spacial score (nSPS) is 11.5. The van der Waals surface area contributed by atoms with Gasteiger partial charge in [0.2, 0.25) is 0 Å². The van der Waals surface area contributed by atoms with Gasteiger partial charge in [-0.05, 0) is 45.4 Å². The average molecular weight is 476 g/mol. The number of aliphatic imine (C=N–C) groups is 1. The lowest BCUT2D eigenvalue weighted by atomic mass is 10.1. The molecule has 0 radical (unpaired) electrons. The Morgan fingerprint density at radius 3 is 2.19 bits per heavy atom. The van der Waals surface area contributed by atoms with E-state index >= 15 is 0 Å². The molecular formula is C19H33IN4O2. The number of methoxy groups -OCH3 is 1. The van der Waals surface area contributed by atoms with Crippen molar-refractivity contribution >= 4 is 35.8 Å². The zero-order chi connectivity index (χ0) is 18.9. The fourth-order valence-electron chi connectivity index (χ4n) is 2.23. The van der Waals surface area contributed by atoms with Crippen LogP contribution in [0.15, 0.2) is 29.3 Å². The molecule has 0 aliphatic heterocycles. The molecule has 1 amide bonds.